The first-order valence-electron chi connectivity index (χ1n) is 9.73. The van der Waals surface area contributed by atoms with Crippen molar-refractivity contribution in [2.24, 2.45) is 0 Å². The second kappa shape index (κ2) is 7.01. The molecular formula is C22H30N2O2S. The van der Waals surface area contributed by atoms with Gasteiger partial charge in [-0.1, -0.05) is 13.0 Å². The van der Waals surface area contributed by atoms with E-state index in [9.17, 15) is 9.59 Å². The minimum absolute atomic E-state index is 0.113. The van der Waals surface area contributed by atoms with Gasteiger partial charge in [0.25, 0.3) is 11.1 Å². The van der Waals surface area contributed by atoms with Gasteiger partial charge in [-0.15, -0.1) is 0 Å². The Hall–Kier alpha value is -1.75. The van der Waals surface area contributed by atoms with Crippen LogP contribution in [0.25, 0.3) is 6.08 Å². The topological polar surface area (TPSA) is 40.6 Å². The first-order valence-corrected chi connectivity index (χ1v) is 10.5. The number of imide groups is 1. The molecule has 0 bridgehead atoms. The Balaban J connectivity index is 1.99. The van der Waals surface area contributed by atoms with Crippen molar-refractivity contribution in [2.75, 3.05) is 4.90 Å². The van der Waals surface area contributed by atoms with Crippen LogP contribution in [0.2, 0.25) is 0 Å². The van der Waals surface area contributed by atoms with Crippen molar-refractivity contribution < 1.29 is 9.59 Å². The molecule has 1 aromatic carbocycles. The van der Waals surface area contributed by atoms with Crippen LogP contribution in [0.4, 0.5) is 10.5 Å². The van der Waals surface area contributed by atoms with Gasteiger partial charge in [-0.2, -0.15) is 0 Å². The molecule has 3 rings (SSSR count). The summed E-state index contributed by atoms with van der Waals surface area (Å²) >= 11 is 1.04. The highest BCUT2D eigenvalue weighted by atomic mass is 32.2. The van der Waals surface area contributed by atoms with E-state index in [2.05, 4.69) is 57.7 Å². The molecule has 4 nitrogen and oxygen atoms in total. The highest BCUT2D eigenvalue weighted by Crippen LogP contribution is 2.45. The van der Waals surface area contributed by atoms with Crippen LogP contribution in [0.3, 0.4) is 0 Å². The van der Waals surface area contributed by atoms with Crippen LogP contribution in [0.1, 0.15) is 71.9 Å². The molecule has 146 valence electrons. The van der Waals surface area contributed by atoms with E-state index in [1.54, 1.807) is 0 Å². The van der Waals surface area contributed by atoms with Crippen molar-refractivity contribution >= 4 is 34.7 Å². The number of rotatable bonds is 3. The lowest BCUT2D eigenvalue weighted by molar-refractivity contribution is -0.123. The molecule has 0 aliphatic carbocycles. The zero-order valence-corrected chi connectivity index (χ0v) is 18.2. The highest BCUT2D eigenvalue weighted by molar-refractivity contribution is 8.18. The molecule has 0 radical (unpaired) electrons. The first-order chi connectivity index (χ1) is 12.5. The number of thioether (sulfide) groups is 1. The van der Waals surface area contributed by atoms with Crippen LogP contribution in [0, 0.1) is 0 Å². The largest absolute Gasteiger partial charge is 0.364 e. The lowest BCUT2D eigenvalue weighted by Gasteiger charge is -2.50. The monoisotopic (exact) mass is 386 g/mol. The molecule has 2 heterocycles. The summed E-state index contributed by atoms with van der Waals surface area (Å²) in [4.78, 5) is 29.0. The van der Waals surface area contributed by atoms with Gasteiger partial charge >= 0.3 is 0 Å². The number of hydrogen-bond donors (Lipinski definition) is 0. The van der Waals surface area contributed by atoms with E-state index >= 15 is 0 Å². The lowest BCUT2D eigenvalue weighted by atomic mass is 9.79. The number of hydrogen-bond acceptors (Lipinski definition) is 4. The van der Waals surface area contributed by atoms with Gasteiger partial charge in [0.05, 0.1) is 4.91 Å². The Bertz CT molecular complexity index is 811. The van der Waals surface area contributed by atoms with Crippen LogP contribution >= 0.6 is 11.8 Å². The lowest BCUT2D eigenvalue weighted by Crippen LogP contribution is -2.51. The zero-order valence-electron chi connectivity index (χ0n) is 17.4. The Morgan fingerprint density at radius 2 is 1.81 bits per heavy atom. The number of amides is 2. The van der Waals surface area contributed by atoms with Gasteiger partial charge in [0.15, 0.2) is 0 Å². The Morgan fingerprint density at radius 3 is 2.37 bits per heavy atom. The van der Waals surface area contributed by atoms with E-state index in [0.717, 1.165) is 23.7 Å². The van der Waals surface area contributed by atoms with Gasteiger partial charge < -0.3 is 4.90 Å². The number of fused-ring (bicyclic) bond motifs is 1. The quantitative estimate of drug-likeness (QED) is 0.631. The van der Waals surface area contributed by atoms with E-state index < -0.39 is 0 Å². The van der Waals surface area contributed by atoms with Crippen molar-refractivity contribution in [3.8, 4) is 0 Å². The van der Waals surface area contributed by atoms with Crippen LogP contribution < -0.4 is 4.90 Å². The van der Waals surface area contributed by atoms with Crippen LogP contribution in [-0.4, -0.2) is 33.7 Å². The van der Waals surface area contributed by atoms with E-state index in [1.165, 1.54) is 16.2 Å². The Kier molecular flexibility index (Phi) is 5.19. The maximum Gasteiger partial charge on any atom is 0.293 e. The fraction of sp³-hybridized carbons (Fsp3) is 0.545. The molecule has 1 saturated heterocycles. The van der Waals surface area contributed by atoms with Crippen molar-refractivity contribution in [3.63, 3.8) is 0 Å². The summed E-state index contributed by atoms with van der Waals surface area (Å²) < 4.78 is 0. The molecule has 0 unspecified atom stereocenters. The van der Waals surface area contributed by atoms with Crippen LogP contribution in [-0.2, 0) is 4.79 Å². The third kappa shape index (κ3) is 3.54. The van der Waals surface area contributed by atoms with Gasteiger partial charge in [-0.05, 0) is 95.0 Å². The van der Waals surface area contributed by atoms with Crippen molar-refractivity contribution in [1.82, 2.24) is 4.90 Å². The van der Waals surface area contributed by atoms with Gasteiger partial charge in [0.2, 0.25) is 0 Å². The molecule has 1 fully saturated rings. The summed E-state index contributed by atoms with van der Waals surface area (Å²) in [6, 6.07) is 6.72. The maximum atomic E-state index is 12.5. The molecule has 2 aliphatic rings. The van der Waals surface area contributed by atoms with Crippen molar-refractivity contribution in [2.45, 2.75) is 78.4 Å². The first kappa shape index (κ1) is 20.0. The third-order valence-corrected chi connectivity index (χ3v) is 6.34. The maximum absolute atomic E-state index is 12.5. The Morgan fingerprint density at radius 1 is 1.15 bits per heavy atom. The summed E-state index contributed by atoms with van der Waals surface area (Å²) in [6.07, 6.45) is 2.95. The second-order valence-electron chi connectivity index (χ2n) is 8.85. The molecule has 27 heavy (non-hydrogen) atoms. The van der Waals surface area contributed by atoms with Crippen molar-refractivity contribution in [3.05, 3.63) is 34.2 Å². The second-order valence-corrected chi connectivity index (χ2v) is 9.84. The molecule has 0 aromatic heterocycles. The molecule has 0 N–H and O–H groups in total. The SMILES string of the molecule is CC(C)N1C(=O)S/C(=C\c2ccc3c(c2)[C@@H](C)CC(C)(C)N3C(C)C)C1=O. The summed E-state index contributed by atoms with van der Waals surface area (Å²) in [7, 11) is 0. The summed E-state index contributed by atoms with van der Waals surface area (Å²) in [5.74, 6) is 0.264. The van der Waals surface area contributed by atoms with Gasteiger partial charge in [0.1, 0.15) is 0 Å². The van der Waals surface area contributed by atoms with Crippen LogP contribution in [0.5, 0.6) is 0 Å². The average molecular weight is 387 g/mol. The van der Waals surface area contributed by atoms with Gasteiger partial charge in [0, 0.05) is 23.3 Å². The van der Waals surface area contributed by atoms with Crippen LogP contribution in [0.15, 0.2) is 23.1 Å². The van der Waals surface area contributed by atoms with Gasteiger partial charge in [-0.25, -0.2) is 0 Å². The van der Waals surface area contributed by atoms with E-state index in [1.807, 2.05) is 19.9 Å². The molecular weight excluding hydrogens is 356 g/mol. The van der Waals surface area contributed by atoms with E-state index in [-0.39, 0.29) is 22.7 Å². The average Bonchev–Trinajstić information content (AvgIpc) is 2.80. The predicted molar refractivity (Wildman–Crippen MR) is 114 cm³/mol. The third-order valence-electron chi connectivity index (χ3n) is 5.45. The summed E-state index contributed by atoms with van der Waals surface area (Å²) in [5, 5.41) is -0.180. The van der Waals surface area contributed by atoms with Crippen molar-refractivity contribution in [1.29, 1.82) is 0 Å². The number of carbonyl (C=O) groups excluding carboxylic acids is 2. The molecule has 1 atom stereocenters. The Labute approximate surface area is 167 Å². The van der Waals surface area contributed by atoms with E-state index in [4.69, 9.17) is 0 Å². The zero-order chi connectivity index (χ0) is 20.1. The normalized spacial score (nSPS) is 23.7. The summed E-state index contributed by atoms with van der Waals surface area (Å²) in [5.41, 5.74) is 3.70. The molecule has 1 aromatic rings. The molecule has 0 spiro atoms. The molecule has 2 amide bonds. The smallest absolute Gasteiger partial charge is 0.293 e. The fourth-order valence-corrected chi connectivity index (χ4v) is 5.57. The number of carbonyl (C=O) groups is 2. The fourth-order valence-electron chi connectivity index (χ4n) is 4.61. The number of anilines is 1. The standard InChI is InChI=1S/C22H30N2O2S/c1-13(2)23-20(25)19(27-21(23)26)11-16-8-9-18-17(10-16)15(5)12-22(6,7)24(18)14(3)4/h8-11,13-15H,12H2,1-7H3/b19-11-/t15-/m0/s1. The predicted octanol–water partition coefficient (Wildman–Crippen LogP) is 5.63. The number of benzene rings is 1. The highest BCUT2D eigenvalue weighted by Gasteiger charge is 2.38. The summed E-state index contributed by atoms with van der Waals surface area (Å²) in [6.45, 7) is 15.1. The minimum Gasteiger partial charge on any atom is -0.364 e. The molecule has 2 aliphatic heterocycles. The van der Waals surface area contributed by atoms with E-state index in [0.29, 0.717) is 16.9 Å². The van der Waals surface area contributed by atoms with Gasteiger partial charge in [-0.3, -0.25) is 14.5 Å². The number of nitrogens with zero attached hydrogens (tertiary/aromatic N) is 2. The minimum atomic E-state index is -0.185. The molecule has 0 saturated carbocycles. The molecule has 5 heteroatoms.